The van der Waals surface area contributed by atoms with Crippen LogP contribution in [0, 0.1) is 5.82 Å². The van der Waals surface area contributed by atoms with Gasteiger partial charge >= 0.3 is 6.36 Å². The topological polar surface area (TPSA) is 67.4 Å². The molecule has 3 heterocycles. The van der Waals surface area contributed by atoms with Crippen molar-refractivity contribution in [3.8, 4) is 11.1 Å². The summed E-state index contributed by atoms with van der Waals surface area (Å²) in [6, 6.07) is 17.5. The van der Waals surface area contributed by atoms with E-state index in [1.54, 1.807) is 35.2 Å². The smallest absolute Gasteiger partial charge is 0.355 e. The average molecular weight is 567 g/mol. The number of piperidine rings is 1. The van der Waals surface area contributed by atoms with Gasteiger partial charge in [-0.15, -0.1) is 24.5 Å². The standard InChI is InChI=1S/C29H22F4N4O2S/c30-23-14-18(28(38)37-11-8-20(9-12-37)39-29(31,32)33)1-4-21(23)17-2-5-24-22(13-17)25(7-10-34-24)36-19-3-6-27-26(15-19)35-16-40-27/h1-7,10,13-16,20H,8-9,11-12H2,(H,34,36). The second-order valence-electron chi connectivity index (χ2n) is 9.50. The molecule has 1 aliphatic heterocycles. The molecule has 0 saturated carbocycles. The van der Waals surface area contributed by atoms with Crippen molar-refractivity contribution in [1.29, 1.82) is 0 Å². The zero-order valence-corrected chi connectivity index (χ0v) is 21.7. The monoisotopic (exact) mass is 566 g/mol. The Balaban J connectivity index is 1.22. The van der Waals surface area contributed by atoms with E-state index in [2.05, 4.69) is 20.0 Å². The van der Waals surface area contributed by atoms with Crippen LogP contribution in [0.2, 0.25) is 0 Å². The van der Waals surface area contributed by atoms with Crippen molar-refractivity contribution in [2.45, 2.75) is 25.3 Å². The van der Waals surface area contributed by atoms with Crippen LogP contribution in [0.25, 0.3) is 32.2 Å². The number of carbonyl (C=O) groups is 1. The molecule has 6 nitrogen and oxygen atoms in total. The number of likely N-dealkylation sites (tertiary alicyclic amines) is 1. The minimum absolute atomic E-state index is 0.0605. The Bertz CT molecular complexity index is 1710. The van der Waals surface area contributed by atoms with Crippen molar-refractivity contribution in [3.05, 3.63) is 83.8 Å². The molecule has 0 unspecified atom stereocenters. The molecule has 0 atom stereocenters. The molecule has 11 heteroatoms. The van der Waals surface area contributed by atoms with Crippen molar-refractivity contribution in [3.63, 3.8) is 0 Å². The Morgan fingerprint density at radius 3 is 2.58 bits per heavy atom. The number of alkyl halides is 3. The van der Waals surface area contributed by atoms with Crippen molar-refractivity contribution < 1.29 is 27.1 Å². The summed E-state index contributed by atoms with van der Waals surface area (Å²) in [5.41, 5.74) is 6.14. The zero-order valence-electron chi connectivity index (χ0n) is 20.9. The van der Waals surface area contributed by atoms with Gasteiger partial charge in [0.25, 0.3) is 5.91 Å². The molecule has 6 rings (SSSR count). The minimum atomic E-state index is -4.71. The molecule has 1 amide bonds. The lowest BCUT2D eigenvalue weighted by Crippen LogP contribution is -2.42. The number of aromatic nitrogens is 2. The Kier molecular flexibility index (Phi) is 6.85. The molecule has 2 aromatic heterocycles. The lowest BCUT2D eigenvalue weighted by molar-refractivity contribution is -0.345. The lowest BCUT2D eigenvalue weighted by atomic mass is 9.99. The van der Waals surface area contributed by atoms with Crippen molar-refractivity contribution >= 4 is 49.7 Å². The van der Waals surface area contributed by atoms with E-state index in [0.29, 0.717) is 11.1 Å². The molecular weight excluding hydrogens is 544 g/mol. The number of fused-ring (bicyclic) bond motifs is 2. The van der Waals surface area contributed by atoms with E-state index in [-0.39, 0.29) is 31.5 Å². The minimum Gasteiger partial charge on any atom is -0.355 e. The molecule has 204 valence electrons. The van der Waals surface area contributed by atoms with Gasteiger partial charge in [-0.3, -0.25) is 14.5 Å². The highest BCUT2D eigenvalue weighted by molar-refractivity contribution is 7.16. The van der Waals surface area contributed by atoms with Crippen LogP contribution in [-0.4, -0.2) is 46.3 Å². The highest BCUT2D eigenvalue weighted by Crippen LogP contribution is 2.33. The number of benzene rings is 3. The maximum Gasteiger partial charge on any atom is 0.522 e. The molecule has 1 saturated heterocycles. The average Bonchev–Trinajstić information content (AvgIpc) is 3.40. The quantitative estimate of drug-likeness (QED) is 0.223. The van der Waals surface area contributed by atoms with Gasteiger partial charge in [0.2, 0.25) is 0 Å². The van der Waals surface area contributed by atoms with Gasteiger partial charge in [0.1, 0.15) is 5.82 Å². The molecule has 0 spiro atoms. The van der Waals surface area contributed by atoms with Gasteiger partial charge in [-0.2, -0.15) is 0 Å². The van der Waals surface area contributed by atoms with Crippen LogP contribution in [0.5, 0.6) is 0 Å². The first-order valence-electron chi connectivity index (χ1n) is 12.6. The number of nitrogens with zero attached hydrogens (tertiary/aromatic N) is 3. The van der Waals surface area contributed by atoms with Crippen LogP contribution >= 0.6 is 11.3 Å². The fourth-order valence-electron chi connectivity index (χ4n) is 4.94. The summed E-state index contributed by atoms with van der Waals surface area (Å²) in [7, 11) is 0. The number of halogens is 4. The van der Waals surface area contributed by atoms with Crippen LogP contribution in [0.1, 0.15) is 23.2 Å². The van der Waals surface area contributed by atoms with Crippen LogP contribution in [0.15, 0.2) is 72.4 Å². The van der Waals surface area contributed by atoms with Crippen LogP contribution in [0.4, 0.5) is 28.9 Å². The van der Waals surface area contributed by atoms with Crippen molar-refractivity contribution in [2.75, 3.05) is 18.4 Å². The molecule has 1 fully saturated rings. The number of thiazole rings is 1. The van der Waals surface area contributed by atoms with Gasteiger partial charge in [-0.25, -0.2) is 9.37 Å². The summed E-state index contributed by atoms with van der Waals surface area (Å²) in [6.07, 6.45) is -3.87. The van der Waals surface area contributed by atoms with E-state index in [0.717, 1.165) is 32.5 Å². The second-order valence-corrected chi connectivity index (χ2v) is 10.4. The van der Waals surface area contributed by atoms with E-state index in [9.17, 15) is 18.0 Å². The summed E-state index contributed by atoms with van der Waals surface area (Å²) in [5.74, 6) is -1.00. The van der Waals surface area contributed by atoms with Gasteiger partial charge in [-0.1, -0.05) is 12.1 Å². The summed E-state index contributed by atoms with van der Waals surface area (Å²) in [4.78, 5) is 23.1. The first-order chi connectivity index (χ1) is 19.2. The SMILES string of the molecule is O=C(c1ccc(-c2ccc3nccc(Nc4ccc5scnc5c4)c3c2)c(F)c1)N1CCC(OC(F)(F)F)CC1. The number of hydrogen-bond acceptors (Lipinski definition) is 6. The Morgan fingerprint density at radius 1 is 0.975 bits per heavy atom. The summed E-state index contributed by atoms with van der Waals surface area (Å²) in [5, 5.41) is 4.20. The number of nitrogens with one attached hydrogen (secondary N) is 1. The number of anilines is 2. The van der Waals surface area contributed by atoms with E-state index in [4.69, 9.17) is 0 Å². The Morgan fingerprint density at radius 2 is 1.80 bits per heavy atom. The first-order valence-corrected chi connectivity index (χ1v) is 13.4. The van der Waals surface area contributed by atoms with Gasteiger partial charge in [0.05, 0.1) is 27.3 Å². The third kappa shape index (κ3) is 5.47. The fourth-order valence-corrected chi connectivity index (χ4v) is 5.60. The van der Waals surface area contributed by atoms with Crippen LogP contribution < -0.4 is 5.32 Å². The highest BCUT2D eigenvalue weighted by Gasteiger charge is 2.35. The Labute approximate surface area is 230 Å². The maximum atomic E-state index is 15.3. The van der Waals surface area contributed by atoms with Crippen molar-refractivity contribution in [2.24, 2.45) is 0 Å². The van der Waals surface area contributed by atoms with E-state index in [1.807, 2.05) is 36.4 Å². The van der Waals surface area contributed by atoms with Crippen LogP contribution in [0.3, 0.4) is 0 Å². The van der Waals surface area contributed by atoms with Gasteiger partial charge in [0.15, 0.2) is 0 Å². The zero-order chi connectivity index (χ0) is 27.9. The fraction of sp³-hybridized carbons (Fsp3) is 0.207. The molecule has 0 bridgehead atoms. The number of carbonyl (C=O) groups excluding carboxylic acids is 1. The summed E-state index contributed by atoms with van der Waals surface area (Å²) in [6.45, 7) is 0.206. The number of amides is 1. The molecule has 1 aliphatic rings. The number of pyridine rings is 1. The van der Waals surface area contributed by atoms with E-state index < -0.39 is 24.2 Å². The molecule has 40 heavy (non-hydrogen) atoms. The van der Waals surface area contributed by atoms with E-state index >= 15 is 4.39 Å². The normalized spacial score (nSPS) is 14.7. The third-order valence-corrected chi connectivity index (χ3v) is 7.72. The predicted molar refractivity (Wildman–Crippen MR) is 146 cm³/mol. The lowest BCUT2D eigenvalue weighted by Gasteiger charge is -2.32. The Hall–Kier alpha value is -4.09. The van der Waals surface area contributed by atoms with Gasteiger partial charge in [-0.05, 0) is 66.9 Å². The molecule has 1 N–H and O–H groups in total. The van der Waals surface area contributed by atoms with Crippen LogP contribution in [-0.2, 0) is 4.74 Å². The molecule has 3 aromatic carbocycles. The predicted octanol–water partition coefficient (Wildman–Crippen LogP) is 7.54. The molecular formula is C29H22F4N4O2S. The summed E-state index contributed by atoms with van der Waals surface area (Å²) < 4.78 is 57.9. The largest absolute Gasteiger partial charge is 0.522 e. The number of ether oxygens (including phenoxy) is 1. The number of rotatable bonds is 5. The van der Waals surface area contributed by atoms with E-state index in [1.165, 1.54) is 17.0 Å². The number of hydrogen-bond donors (Lipinski definition) is 1. The molecule has 0 radical (unpaired) electrons. The second kappa shape index (κ2) is 10.5. The maximum absolute atomic E-state index is 15.3. The van der Waals surface area contributed by atoms with Gasteiger partial charge < -0.3 is 10.2 Å². The van der Waals surface area contributed by atoms with Crippen molar-refractivity contribution in [1.82, 2.24) is 14.9 Å². The molecule has 5 aromatic rings. The molecule has 0 aliphatic carbocycles. The third-order valence-electron chi connectivity index (χ3n) is 6.91. The van der Waals surface area contributed by atoms with Gasteiger partial charge in [0, 0.05) is 47.2 Å². The highest BCUT2D eigenvalue weighted by atomic mass is 32.1. The summed E-state index contributed by atoms with van der Waals surface area (Å²) >= 11 is 1.57. The first kappa shape index (κ1) is 26.1.